The van der Waals surface area contributed by atoms with Gasteiger partial charge in [-0.15, -0.1) is 0 Å². The Morgan fingerprint density at radius 3 is 2.56 bits per heavy atom. The monoisotopic (exact) mass is 367 g/mol. The first-order valence-corrected chi connectivity index (χ1v) is 9.52. The number of amides is 1. The molecule has 2 saturated carbocycles. The van der Waals surface area contributed by atoms with Crippen LogP contribution in [0.4, 0.5) is 17.3 Å². The van der Waals surface area contributed by atoms with Crippen LogP contribution in [-0.2, 0) is 0 Å². The molecule has 0 radical (unpaired) electrons. The molecule has 0 aromatic carbocycles. The Morgan fingerprint density at radius 2 is 1.89 bits per heavy atom. The largest absolute Gasteiger partial charge is 0.364 e. The summed E-state index contributed by atoms with van der Waals surface area (Å²) in [6.07, 6.45) is 9.97. The van der Waals surface area contributed by atoms with Crippen molar-refractivity contribution < 1.29 is 4.79 Å². The molecule has 142 valence electrons. The van der Waals surface area contributed by atoms with Crippen molar-refractivity contribution in [1.29, 1.82) is 0 Å². The first-order chi connectivity index (χ1) is 13.1. The molecule has 0 aliphatic heterocycles. The maximum atomic E-state index is 11.7. The zero-order chi connectivity index (χ0) is 18.8. The van der Waals surface area contributed by atoms with Gasteiger partial charge in [-0.3, -0.25) is 9.78 Å². The summed E-state index contributed by atoms with van der Waals surface area (Å²) in [5, 5.41) is 6.47. The van der Waals surface area contributed by atoms with E-state index in [1.165, 1.54) is 19.0 Å². The molecule has 2 atom stereocenters. The van der Waals surface area contributed by atoms with Gasteiger partial charge >= 0.3 is 0 Å². The van der Waals surface area contributed by atoms with E-state index in [-0.39, 0.29) is 17.8 Å². The van der Waals surface area contributed by atoms with Gasteiger partial charge in [-0.25, -0.2) is 9.97 Å². The van der Waals surface area contributed by atoms with Crippen LogP contribution in [0.25, 0.3) is 0 Å². The van der Waals surface area contributed by atoms with Crippen LogP contribution in [0.15, 0.2) is 24.5 Å². The maximum absolute atomic E-state index is 11.7. The lowest BCUT2D eigenvalue weighted by atomic mass is 9.91. The lowest BCUT2D eigenvalue weighted by molar-refractivity contribution is 0.0996. The van der Waals surface area contributed by atoms with Crippen molar-refractivity contribution in [2.24, 2.45) is 11.5 Å². The summed E-state index contributed by atoms with van der Waals surface area (Å²) in [5.74, 6) is 0.853. The first-order valence-electron chi connectivity index (χ1n) is 9.52. The predicted octanol–water partition coefficient (Wildman–Crippen LogP) is 2.27. The molecule has 0 spiro atoms. The molecule has 2 aliphatic rings. The van der Waals surface area contributed by atoms with E-state index in [9.17, 15) is 4.79 Å². The number of primary amides is 1. The predicted molar refractivity (Wildman–Crippen MR) is 104 cm³/mol. The molecule has 2 aromatic rings. The van der Waals surface area contributed by atoms with E-state index in [1.54, 1.807) is 6.20 Å². The number of nitrogens with two attached hydrogens (primary N) is 2. The van der Waals surface area contributed by atoms with Crippen molar-refractivity contribution in [3.05, 3.63) is 35.9 Å². The van der Waals surface area contributed by atoms with E-state index in [0.29, 0.717) is 17.6 Å². The minimum atomic E-state index is -0.631. The normalized spacial score (nSPS) is 22.3. The molecule has 4 rings (SSSR count). The van der Waals surface area contributed by atoms with Crippen LogP contribution in [0.1, 0.15) is 60.6 Å². The third-order valence-electron chi connectivity index (χ3n) is 5.20. The molecule has 2 heterocycles. The van der Waals surface area contributed by atoms with Crippen LogP contribution in [0.2, 0.25) is 0 Å². The highest BCUT2D eigenvalue weighted by Gasteiger charge is 2.25. The van der Waals surface area contributed by atoms with Gasteiger partial charge in [0.1, 0.15) is 5.82 Å². The van der Waals surface area contributed by atoms with Crippen molar-refractivity contribution in [2.45, 2.75) is 56.5 Å². The van der Waals surface area contributed by atoms with E-state index in [0.717, 1.165) is 37.1 Å². The standard InChI is InChI=1S/C19H25N7O/c20-13-3-1-2-4-15(13)25-16-10-23-17(18(21)27)19(26-16)24-12-7-8-14(22-9-12)11-5-6-11/h7-11,13,15H,1-6,20H2,(H2,21,27)(H2,24,25,26)/t13?,15-/m1/s1. The molecule has 8 nitrogen and oxygen atoms in total. The second-order valence-corrected chi connectivity index (χ2v) is 7.39. The number of aromatic nitrogens is 3. The Kier molecular flexibility index (Phi) is 4.89. The lowest BCUT2D eigenvalue weighted by Gasteiger charge is -2.29. The van der Waals surface area contributed by atoms with Crippen LogP contribution in [0.3, 0.4) is 0 Å². The van der Waals surface area contributed by atoms with Gasteiger partial charge in [0, 0.05) is 23.7 Å². The Morgan fingerprint density at radius 1 is 1.07 bits per heavy atom. The second kappa shape index (κ2) is 7.48. The van der Waals surface area contributed by atoms with E-state index < -0.39 is 5.91 Å². The average Bonchev–Trinajstić information content (AvgIpc) is 3.49. The van der Waals surface area contributed by atoms with E-state index in [4.69, 9.17) is 11.5 Å². The molecule has 0 saturated heterocycles. The fraction of sp³-hybridized carbons (Fsp3) is 0.474. The number of hydrogen-bond acceptors (Lipinski definition) is 7. The minimum Gasteiger partial charge on any atom is -0.364 e. The van der Waals surface area contributed by atoms with Crippen LogP contribution in [-0.4, -0.2) is 32.9 Å². The van der Waals surface area contributed by atoms with Crippen LogP contribution in [0, 0.1) is 0 Å². The third kappa shape index (κ3) is 4.16. The van der Waals surface area contributed by atoms with E-state index >= 15 is 0 Å². The molecule has 0 bridgehead atoms. The Labute approximate surface area is 158 Å². The van der Waals surface area contributed by atoms with E-state index in [2.05, 4.69) is 25.6 Å². The number of rotatable bonds is 6. The quantitative estimate of drug-likeness (QED) is 0.616. The third-order valence-corrected chi connectivity index (χ3v) is 5.20. The van der Waals surface area contributed by atoms with Crippen LogP contribution in [0.5, 0.6) is 0 Å². The van der Waals surface area contributed by atoms with Crippen molar-refractivity contribution in [3.63, 3.8) is 0 Å². The zero-order valence-corrected chi connectivity index (χ0v) is 15.2. The number of hydrogen-bond donors (Lipinski definition) is 4. The SMILES string of the molecule is NC(=O)c1ncc(N[C@@H]2CCCCC2N)nc1Nc1ccc(C2CC2)nc1. The molecule has 1 unspecified atom stereocenters. The second-order valence-electron chi connectivity index (χ2n) is 7.39. The topological polar surface area (TPSA) is 132 Å². The van der Waals surface area contributed by atoms with Gasteiger partial charge in [0.2, 0.25) is 0 Å². The number of carbonyl (C=O) groups is 1. The Bertz CT molecular complexity index is 819. The fourth-order valence-electron chi connectivity index (χ4n) is 3.49. The summed E-state index contributed by atoms with van der Waals surface area (Å²) in [6.45, 7) is 0. The molecule has 2 fully saturated rings. The fourth-order valence-corrected chi connectivity index (χ4v) is 3.49. The summed E-state index contributed by atoms with van der Waals surface area (Å²) in [7, 11) is 0. The van der Waals surface area contributed by atoms with Crippen molar-refractivity contribution >= 4 is 23.2 Å². The van der Waals surface area contributed by atoms with Crippen molar-refractivity contribution in [1.82, 2.24) is 15.0 Å². The maximum Gasteiger partial charge on any atom is 0.271 e. The summed E-state index contributed by atoms with van der Waals surface area (Å²) < 4.78 is 0. The van der Waals surface area contributed by atoms with Crippen LogP contribution < -0.4 is 22.1 Å². The molecule has 1 amide bonds. The van der Waals surface area contributed by atoms with Crippen LogP contribution >= 0.6 is 0 Å². The number of pyridine rings is 1. The van der Waals surface area contributed by atoms with Gasteiger partial charge in [0.15, 0.2) is 11.5 Å². The number of nitrogens with zero attached hydrogens (tertiary/aromatic N) is 3. The van der Waals surface area contributed by atoms with Gasteiger partial charge in [0.25, 0.3) is 5.91 Å². The van der Waals surface area contributed by atoms with Gasteiger partial charge in [-0.2, -0.15) is 0 Å². The van der Waals surface area contributed by atoms with Gasteiger partial charge < -0.3 is 22.1 Å². The Hall–Kier alpha value is -2.74. The summed E-state index contributed by atoms with van der Waals surface area (Å²) >= 11 is 0. The summed E-state index contributed by atoms with van der Waals surface area (Å²) in [5.41, 5.74) is 13.6. The lowest BCUT2D eigenvalue weighted by Crippen LogP contribution is -2.42. The van der Waals surface area contributed by atoms with Gasteiger partial charge in [0.05, 0.1) is 18.1 Å². The zero-order valence-electron chi connectivity index (χ0n) is 15.2. The number of carbonyl (C=O) groups excluding carboxylic acids is 1. The molecule has 8 heteroatoms. The molecule has 2 aromatic heterocycles. The smallest absolute Gasteiger partial charge is 0.271 e. The number of anilines is 3. The molecule has 27 heavy (non-hydrogen) atoms. The molecule has 6 N–H and O–H groups in total. The van der Waals surface area contributed by atoms with Crippen molar-refractivity contribution in [3.8, 4) is 0 Å². The van der Waals surface area contributed by atoms with Gasteiger partial charge in [-0.1, -0.05) is 12.8 Å². The Balaban J connectivity index is 1.54. The highest BCUT2D eigenvalue weighted by molar-refractivity contribution is 5.96. The summed E-state index contributed by atoms with van der Waals surface area (Å²) in [4.78, 5) is 24.9. The highest BCUT2D eigenvalue weighted by Crippen LogP contribution is 2.39. The molecular formula is C19H25N7O. The first kappa shape index (κ1) is 17.7. The number of nitrogens with one attached hydrogen (secondary N) is 2. The van der Waals surface area contributed by atoms with Gasteiger partial charge in [-0.05, 0) is 37.8 Å². The van der Waals surface area contributed by atoms with Crippen molar-refractivity contribution in [2.75, 3.05) is 10.6 Å². The summed E-state index contributed by atoms with van der Waals surface area (Å²) in [6, 6.07) is 4.18. The highest BCUT2D eigenvalue weighted by atomic mass is 16.1. The molecule has 2 aliphatic carbocycles. The molecular weight excluding hydrogens is 342 g/mol. The van der Waals surface area contributed by atoms with E-state index in [1.807, 2.05) is 12.1 Å². The minimum absolute atomic E-state index is 0.0898. The average molecular weight is 367 g/mol.